The minimum atomic E-state index is 0.358. The van der Waals surface area contributed by atoms with E-state index in [0.717, 1.165) is 71.1 Å². The molecule has 2 aliphatic carbocycles. The Balaban J connectivity index is 1.12. The lowest BCUT2D eigenvalue weighted by atomic mass is 9.90. The molecule has 3 aliphatic rings. The summed E-state index contributed by atoms with van der Waals surface area (Å²) in [6.07, 6.45) is 9.50. The van der Waals surface area contributed by atoms with E-state index < -0.39 is 0 Å². The summed E-state index contributed by atoms with van der Waals surface area (Å²) >= 11 is 0. The van der Waals surface area contributed by atoms with Gasteiger partial charge in [0, 0.05) is 74.6 Å². The molecule has 4 atom stereocenters. The normalized spacial score (nSPS) is 23.5. The molecule has 0 unspecified atom stereocenters. The van der Waals surface area contributed by atoms with Crippen molar-refractivity contribution in [2.75, 3.05) is 0 Å². The molecule has 2 saturated carbocycles. The molecule has 3 heterocycles. The molecule has 4 bridgehead atoms. The van der Waals surface area contributed by atoms with Crippen molar-refractivity contribution in [1.29, 1.82) is 0 Å². The third-order valence-electron chi connectivity index (χ3n) is 10.0. The topological polar surface area (TPSA) is 92.4 Å². The molecule has 7 rings (SSSR count). The summed E-state index contributed by atoms with van der Waals surface area (Å²) < 4.78 is 12.7. The van der Waals surface area contributed by atoms with Crippen molar-refractivity contribution in [3.8, 4) is 11.5 Å². The number of hydrogen-bond donors (Lipinski definition) is 4. The molecule has 0 radical (unpaired) electrons. The molecule has 8 heteroatoms. The summed E-state index contributed by atoms with van der Waals surface area (Å²) in [6, 6.07) is 30.6. The molecule has 2 aromatic heterocycles. The molecule has 0 saturated heterocycles. The van der Waals surface area contributed by atoms with E-state index in [0.29, 0.717) is 63.6 Å². The van der Waals surface area contributed by atoms with Crippen LogP contribution < -0.4 is 30.7 Å². The highest BCUT2D eigenvalue weighted by Crippen LogP contribution is 2.24. The second-order valence-electron chi connectivity index (χ2n) is 13.6. The van der Waals surface area contributed by atoms with Gasteiger partial charge in [0.05, 0.1) is 22.8 Å². The van der Waals surface area contributed by atoms with E-state index in [1.165, 1.54) is 25.7 Å². The molecule has 48 heavy (non-hydrogen) atoms. The van der Waals surface area contributed by atoms with Crippen molar-refractivity contribution in [2.24, 2.45) is 0 Å². The Bertz CT molecular complexity index is 1400. The smallest absolute Gasteiger partial charge is 0.123 e. The average molecular weight is 647 g/mol. The number of hydrogen-bond acceptors (Lipinski definition) is 8. The van der Waals surface area contributed by atoms with E-state index in [-0.39, 0.29) is 0 Å². The van der Waals surface area contributed by atoms with Gasteiger partial charge in [0.1, 0.15) is 24.7 Å². The number of nitrogens with one attached hydrogen (secondary N) is 4. The van der Waals surface area contributed by atoms with Crippen LogP contribution in [0.4, 0.5) is 0 Å². The van der Waals surface area contributed by atoms with Gasteiger partial charge in [-0.15, -0.1) is 0 Å². The lowest BCUT2D eigenvalue weighted by Gasteiger charge is -2.34. The first-order valence-corrected chi connectivity index (χ1v) is 18.0. The van der Waals surface area contributed by atoms with Crippen molar-refractivity contribution in [3.05, 3.63) is 119 Å². The van der Waals surface area contributed by atoms with Crippen LogP contribution in [0.5, 0.6) is 11.5 Å². The van der Waals surface area contributed by atoms with Gasteiger partial charge in [-0.05, 0) is 36.8 Å². The predicted molar refractivity (Wildman–Crippen MR) is 189 cm³/mol. The summed E-state index contributed by atoms with van der Waals surface area (Å²) in [5.74, 6) is 1.76. The molecule has 2 aromatic carbocycles. The second kappa shape index (κ2) is 16.5. The van der Waals surface area contributed by atoms with Gasteiger partial charge in [0.15, 0.2) is 0 Å². The summed E-state index contributed by atoms with van der Waals surface area (Å²) in [5.41, 5.74) is 6.42. The fourth-order valence-corrected chi connectivity index (χ4v) is 7.43. The molecule has 1 aliphatic heterocycles. The minimum Gasteiger partial charge on any atom is -0.489 e. The maximum Gasteiger partial charge on any atom is 0.123 e. The molecule has 4 aromatic rings. The largest absolute Gasteiger partial charge is 0.489 e. The van der Waals surface area contributed by atoms with Crippen molar-refractivity contribution in [1.82, 2.24) is 31.2 Å². The monoisotopic (exact) mass is 646 g/mol. The number of benzene rings is 2. The highest BCUT2D eigenvalue weighted by molar-refractivity contribution is 5.30. The minimum absolute atomic E-state index is 0.358. The summed E-state index contributed by atoms with van der Waals surface area (Å²) in [5, 5.41) is 15.5. The first-order chi connectivity index (χ1) is 23.7. The van der Waals surface area contributed by atoms with E-state index in [9.17, 15) is 0 Å². The molecular formula is C40H50N6O2. The Hall–Kier alpha value is -3.82. The van der Waals surface area contributed by atoms with Gasteiger partial charge in [0.2, 0.25) is 0 Å². The number of pyridine rings is 2. The van der Waals surface area contributed by atoms with Crippen LogP contribution in [-0.2, 0) is 39.4 Å². The molecule has 4 N–H and O–H groups in total. The van der Waals surface area contributed by atoms with E-state index in [1.807, 2.05) is 12.1 Å². The Morgan fingerprint density at radius 1 is 0.458 bits per heavy atom. The fourth-order valence-electron chi connectivity index (χ4n) is 7.43. The average Bonchev–Trinajstić information content (AvgIpc) is 3.14. The lowest BCUT2D eigenvalue weighted by Crippen LogP contribution is -2.50. The number of aromatic nitrogens is 2. The Labute approximate surface area is 285 Å². The number of nitrogens with zero attached hydrogens (tertiary/aromatic N) is 2. The summed E-state index contributed by atoms with van der Waals surface area (Å²) in [6.45, 7) is 3.91. The van der Waals surface area contributed by atoms with Crippen LogP contribution in [0.15, 0.2) is 84.9 Å². The molecule has 8 nitrogen and oxygen atoms in total. The first kappa shape index (κ1) is 32.7. The lowest BCUT2D eigenvalue weighted by molar-refractivity contribution is 0.274. The molecule has 2 fully saturated rings. The van der Waals surface area contributed by atoms with Gasteiger partial charge in [-0.3, -0.25) is 9.97 Å². The van der Waals surface area contributed by atoms with E-state index >= 15 is 0 Å². The third kappa shape index (κ3) is 9.20. The van der Waals surface area contributed by atoms with Crippen LogP contribution in [0.3, 0.4) is 0 Å². The van der Waals surface area contributed by atoms with Crippen LogP contribution in [0.25, 0.3) is 0 Å². The van der Waals surface area contributed by atoms with Crippen LogP contribution in [0.2, 0.25) is 0 Å². The van der Waals surface area contributed by atoms with Crippen molar-refractivity contribution in [3.63, 3.8) is 0 Å². The van der Waals surface area contributed by atoms with Crippen LogP contribution in [0.1, 0.15) is 85.3 Å². The van der Waals surface area contributed by atoms with Gasteiger partial charge in [-0.25, -0.2) is 0 Å². The highest BCUT2D eigenvalue weighted by atomic mass is 16.5. The fraction of sp³-hybridized carbons (Fsp3) is 0.450. The highest BCUT2D eigenvalue weighted by Gasteiger charge is 2.27. The third-order valence-corrected chi connectivity index (χ3v) is 10.0. The maximum atomic E-state index is 6.34. The number of ether oxygens (including phenoxy) is 2. The first-order valence-electron chi connectivity index (χ1n) is 18.0. The quantitative estimate of drug-likeness (QED) is 0.193. The van der Waals surface area contributed by atoms with Gasteiger partial charge < -0.3 is 30.7 Å². The SMILES string of the molecule is c1ccc(COc2cc3nc(c2)CN[C@@H]2CCCC[C@H]2NCc2cc(OCc4ccccc4)cc(n2)CN[C@@H]2CCCC[C@H]2NC3)cc1. The summed E-state index contributed by atoms with van der Waals surface area (Å²) in [4.78, 5) is 10.3. The zero-order valence-electron chi connectivity index (χ0n) is 28.0. The van der Waals surface area contributed by atoms with Gasteiger partial charge in [-0.2, -0.15) is 0 Å². The van der Waals surface area contributed by atoms with Crippen molar-refractivity contribution in [2.45, 2.75) is 115 Å². The van der Waals surface area contributed by atoms with Crippen molar-refractivity contribution >= 4 is 0 Å². The molecular weight excluding hydrogens is 596 g/mol. The van der Waals surface area contributed by atoms with Gasteiger partial charge in [0.25, 0.3) is 0 Å². The van der Waals surface area contributed by atoms with Crippen molar-refractivity contribution < 1.29 is 9.47 Å². The van der Waals surface area contributed by atoms with Crippen LogP contribution in [-0.4, -0.2) is 34.1 Å². The summed E-state index contributed by atoms with van der Waals surface area (Å²) in [7, 11) is 0. The van der Waals surface area contributed by atoms with E-state index in [2.05, 4.69) is 94.1 Å². The second-order valence-corrected chi connectivity index (χ2v) is 13.6. The maximum absolute atomic E-state index is 6.34. The standard InChI is InChI=1S/C40H50N6O2/c1-3-11-29(12-4-1)27-47-35-19-31-23-41-37-15-7-9-17-39(37)43-25-33-21-36(48-28-30-13-5-2-6-14-30)22-34(46-33)26-44-40-18-10-8-16-38(40)42-24-32(20-35)45-31/h1-6,11-14,19-22,37-44H,7-10,15-18,23-28H2/t37-,38-,39-,40-/m1/s1. The van der Waals surface area contributed by atoms with Gasteiger partial charge in [-0.1, -0.05) is 86.3 Å². The Morgan fingerprint density at radius 3 is 1.08 bits per heavy atom. The van der Waals surface area contributed by atoms with Gasteiger partial charge >= 0.3 is 0 Å². The van der Waals surface area contributed by atoms with Crippen LogP contribution in [0, 0.1) is 0 Å². The molecule has 0 spiro atoms. The number of fused-ring (bicyclic) bond motifs is 6. The predicted octanol–water partition coefficient (Wildman–Crippen LogP) is 6.33. The molecule has 252 valence electrons. The zero-order chi connectivity index (χ0) is 32.4. The van der Waals surface area contributed by atoms with Crippen LogP contribution >= 0.6 is 0 Å². The molecule has 0 amide bonds. The Morgan fingerprint density at radius 2 is 0.771 bits per heavy atom. The van der Waals surface area contributed by atoms with E-state index in [4.69, 9.17) is 19.4 Å². The zero-order valence-corrected chi connectivity index (χ0v) is 28.0. The number of rotatable bonds is 6. The Kier molecular flexibility index (Phi) is 11.3. The van der Waals surface area contributed by atoms with E-state index in [1.54, 1.807) is 0 Å².